The molecule has 0 heterocycles. The Balaban J connectivity index is 2.58. The number of amides is 3. The number of nitrogens with one attached hydrogen (secondary N) is 2. The smallest absolute Gasteiger partial charge is 0.413 e. The van der Waals surface area contributed by atoms with Gasteiger partial charge in [0.1, 0.15) is 0 Å². The van der Waals surface area contributed by atoms with Crippen molar-refractivity contribution < 1.29 is 19.1 Å². The maximum absolute atomic E-state index is 12.1. The van der Waals surface area contributed by atoms with Gasteiger partial charge >= 0.3 is 6.09 Å². The van der Waals surface area contributed by atoms with Crippen LogP contribution in [0.3, 0.4) is 0 Å². The molecule has 0 aliphatic rings. The third kappa shape index (κ3) is 5.99. The number of halogens is 1. The molecular weight excluding hydrogens is 366 g/mol. The van der Waals surface area contributed by atoms with Crippen molar-refractivity contribution in [1.29, 1.82) is 0 Å². The van der Waals surface area contributed by atoms with Crippen LogP contribution in [0.15, 0.2) is 22.7 Å². The molecule has 0 bridgehead atoms. The average molecular weight is 386 g/mol. The minimum Gasteiger partial charge on any atom is -0.453 e. The van der Waals surface area contributed by atoms with Crippen LogP contribution in [0.1, 0.15) is 12.5 Å². The first-order chi connectivity index (χ1) is 10.7. The molecule has 3 amide bonds. The lowest BCUT2D eigenvalue weighted by molar-refractivity contribution is -0.125. The number of anilines is 1. The number of aryl methyl sites for hydroxylation is 1. The Hall–Kier alpha value is -1.93. The number of likely N-dealkylation sites (N-methyl/N-ethyl adjacent to an activating group) is 1. The Morgan fingerprint density at radius 1 is 1.35 bits per heavy atom. The van der Waals surface area contributed by atoms with E-state index >= 15 is 0 Å². The van der Waals surface area contributed by atoms with Gasteiger partial charge in [-0.15, -0.1) is 0 Å². The zero-order chi connectivity index (χ0) is 17.6. The minimum atomic E-state index is -0.829. The molecule has 1 aromatic carbocycles. The molecule has 0 aromatic heterocycles. The third-order valence-electron chi connectivity index (χ3n) is 3.31. The van der Waals surface area contributed by atoms with E-state index in [2.05, 4.69) is 31.3 Å². The van der Waals surface area contributed by atoms with Gasteiger partial charge in [0.05, 0.1) is 19.7 Å². The van der Waals surface area contributed by atoms with E-state index < -0.39 is 18.0 Å². The number of benzene rings is 1. The highest BCUT2D eigenvalue weighted by Crippen LogP contribution is 2.19. The van der Waals surface area contributed by atoms with Gasteiger partial charge in [0.25, 0.3) is 0 Å². The monoisotopic (exact) mass is 385 g/mol. The van der Waals surface area contributed by atoms with Gasteiger partial charge in [-0.25, -0.2) is 4.79 Å². The summed E-state index contributed by atoms with van der Waals surface area (Å²) in [5, 5.41) is 4.86. The molecule has 1 rings (SSSR count). The molecule has 126 valence electrons. The minimum absolute atomic E-state index is 0.00522. The van der Waals surface area contributed by atoms with E-state index in [1.165, 1.54) is 12.0 Å². The first-order valence-electron chi connectivity index (χ1n) is 6.89. The number of hydrogen-bond donors (Lipinski definition) is 2. The molecule has 0 unspecified atom stereocenters. The topological polar surface area (TPSA) is 87.7 Å². The second kappa shape index (κ2) is 8.64. The maximum Gasteiger partial charge on any atom is 0.413 e. The largest absolute Gasteiger partial charge is 0.453 e. The lowest BCUT2D eigenvalue weighted by atomic mass is 10.2. The highest BCUT2D eigenvalue weighted by molar-refractivity contribution is 9.10. The Labute approximate surface area is 143 Å². The van der Waals surface area contributed by atoms with Crippen molar-refractivity contribution in [2.75, 3.05) is 26.0 Å². The number of alkyl carbamates (subject to hydrolysis) is 1. The summed E-state index contributed by atoms with van der Waals surface area (Å²) in [6.45, 7) is 3.48. The predicted molar refractivity (Wildman–Crippen MR) is 90.1 cm³/mol. The Kier molecular flexibility index (Phi) is 7.18. The molecule has 2 N–H and O–H groups in total. The molecule has 0 spiro atoms. The number of carbonyl (C=O) groups is 3. The normalized spacial score (nSPS) is 11.7. The summed E-state index contributed by atoms with van der Waals surface area (Å²) in [5.41, 5.74) is 1.63. The standard InChI is InChI=1S/C15H20BrN3O4/c1-9-7-11(16)5-6-12(9)17-13(20)8-19(3)10(2)14(21)18-15(22)23-4/h5-7,10H,8H2,1-4H3,(H,17,20)(H,18,21,22)/t10-/m1/s1. The van der Waals surface area contributed by atoms with Crippen molar-refractivity contribution >= 4 is 39.5 Å². The van der Waals surface area contributed by atoms with Crippen LogP contribution in [-0.2, 0) is 14.3 Å². The molecule has 0 saturated heterocycles. The van der Waals surface area contributed by atoms with Crippen molar-refractivity contribution in [1.82, 2.24) is 10.2 Å². The van der Waals surface area contributed by atoms with E-state index in [1.54, 1.807) is 20.0 Å². The Morgan fingerprint density at radius 2 is 2.00 bits per heavy atom. The van der Waals surface area contributed by atoms with Gasteiger partial charge in [-0.05, 0) is 44.7 Å². The summed E-state index contributed by atoms with van der Waals surface area (Å²) in [4.78, 5) is 36.4. The fraction of sp³-hybridized carbons (Fsp3) is 0.400. The average Bonchev–Trinajstić information content (AvgIpc) is 2.48. The number of imide groups is 1. The molecular formula is C15H20BrN3O4. The molecule has 0 aliphatic carbocycles. The van der Waals surface area contributed by atoms with Crippen LogP contribution in [0.4, 0.5) is 10.5 Å². The van der Waals surface area contributed by atoms with Gasteiger partial charge in [-0.3, -0.25) is 19.8 Å². The molecule has 0 saturated carbocycles. The van der Waals surface area contributed by atoms with Gasteiger partial charge in [0.15, 0.2) is 0 Å². The second-order valence-corrected chi connectivity index (χ2v) is 6.00. The highest BCUT2D eigenvalue weighted by Gasteiger charge is 2.22. The predicted octanol–water partition coefficient (Wildman–Crippen LogP) is 1.90. The molecule has 23 heavy (non-hydrogen) atoms. The van der Waals surface area contributed by atoms with E-state index in [9.17, 15) is 14.4 Å². The number of ether oxygens (including phenoxy) is 1. The van der Waals surface area contributed by atoms with Gasteiger partial charge in [-0.1, -0.05) is 15.9 Å². The fourth-order valence-electron chi connectivity index (χ4n) is 1.78. The zero-order valence-electron chi connectivity index (χ0n) is 13.5. The number of methoxy groups -OCH3 is 1. The lowest BCUT2D eigenvalue weighted by Crippen LogP contribution is -2.47. The quantitative estimate of drug-likeness (QED) is 0.807. The highest BCUT2D eigenvalue weighted by atomic mass is 79.9. The van der Waals surface area contributed by atoms with E-state index in [-0.39, 0.29) is 12.5 Å². The molecule has 0 radical (unpaired) electrons. The van der Waals surface area contributed by atoms with Gasteiger partial charge in [-0.2, -0.15) is 0 Å². The molecule has 1 atom stereocenters. The van der Waals surface area contributed by atoms with Gasteiger partial charge in [0.2, 0.25) is 11.8 Å². The summed E-state index contributed by atoms with van der Waals surface area (Å²) in [7, 11) is 2.79. The SMILES string of the molecule is COC(=O)NC(=O)[C@@H](C)N(C)CC(=O)Nc1ccc(Br)cc1C. The summed E-state index contributed by atoms with van der Waals surface area (Å²) in [6.07, 6.45) is -0.829. The zero-order valence-corrected chi connectivity index (χ0v) is 15.1. The summed E-state index contributed by atoms with van der Waals surface area (Å²) >= 11 is 3.36. The van der Waals surface area contributed by atoms with E-state index in [1.807, 2.05) is 19.1 Å². The number of hydrogen-bond acceptors (Lipinski definition) is 5. The van der Waals surface area contributed by atoms with Crippen molar-refractivity contribution in [3.05, 3.63) is 28.2 Å². The van der Waals surface area contributed by atoms with Crippen LogP contribution in [0, 0.1) is 6.92 Å². The summed E-state index contributed by atoms with van der Waals surface area (Å²) in [5.74, 6) is -0.789. The van der Waals surface area contributed by atoms with Crippen molar-refractivity contribution in [3.8, 4) is 0 Å². The summed E-state index contributed by atoms with van der Waals surface area (Å²) in [6, 6.07) is 4.86. The lowest BCUT2D eigenvalue weighted by Gasteiger charge is -2.22. The van der Waals surface area contributed by atoms with Crippen LogP contribution in [-0.4, -0.2) is 49.6 Å². The Bertz CT molecular complexity index is 606. The van der Waals surface area contributed by atoms with Crippen LogP contribution in [0.25, 0.3) is 0 Å². The summed E-state index contributed by atoms with van der Waals surface area (Å²) < 4.78 is 5.29. The number of rotatable bonds is 5. The first-order valence-corrected chi connectivity index (χ1v) is 7.69. The number of nitrogens with zero attached hydrogens (tertiary/aromatic N) is 1. The van der Waals surface area contributed by atoms with Crippen molar-refractivity contribution in [2.45, 2.75) is 19.9 Å². The molecule has 0 aliphatic heterocycles. The molecule has 7 nitrogen and oxygen atoms in total. The first kappa shape index (κ1) is 19.1. The molecule has 0 fully saturated rings. The molecule has 8 heteroatoms. The van der Waals surface area contributed by atoms with Crippen molar-refractivity contribution in [2.24, 2.45) is 0 Å². The maximum atomic E-state index is 12.1. The Morgan fingerprint density at radius 3 is 2.57 bits per heavy atom. The third-order valence-corrected chi connectivity index (χ3v) is 3.80. The fourth-order valence-corrected chi connectivity index (χ4v) is 2.25. The van der Waals surface area contributed by atoms with Crippen LogP contribution < -0.4 is 10.6 Å². The number of carbonyl (C=O) groups excluding carboxylic acids is 3. The molecule has 1 aromatic rings. The second-order valence-electron chi connectivity index (χ2n) is 5.08. The van der Waals surface area contributed by atoms with Crippen LogP contribution in [0.5, 0.6) is 0 Å². The van der Waals surface area contributed by atoms with Gasteiger partial charge in [0, 0.05) is 10.2 Å². The van der Waals surface area contributed by atoms with Crippen molar-refractivity contribution in [3.63, 3.8) is 0 Å². The van der Waals surface area contributed by atoms with Crippen LogP contribution in [0.2, 0.25) is 0 Å². The van der Waals surface area contributed by atoms with Crippen LogP contribution >= 0.6 is 15.9 Å². The van der Waals surface area contributed by atoms with E-state index in [4.69, 9.17) is 0 Å². The van der Waals surface area contributed by atoms with Gasteiger partial charge < -0.3 is 10.1 Å². The van der Waals surface area contributed by atoms with E-state index in [0.717, 1.165) is 10.0 Å². The van der Waals surface area contributed by atoms with E-state index in [0.29, 0.717) is 5.69 Å².